The maximum atomic E-state index is 13.5. The van der Waals surface area contributed by atoms with Crippen molar-refractivity contribution in [1.29, 1.82) is 0 Å². The van der Waals surface area contributed by atoms with Gasteiger partial charge in [-0.15, -0.1) is 0 Å². The van der Waals surface area contributed by atoms with Crippen molar-refractivity contribution in [3.8, 4) is 0 Å². The predicted molar refractivity (Wildman–Crippen MR) is 86.1 cm³/mol. The number of esters is 1. The van der Waals surface area contributed by atoms with E-state index in [1.54, 1.807) is 31.2 Å². The van der Waals surface area contributed by atoms with Crippen LogP contribution >= 0.6 is 11.6 Å². The smallest absolute Gasteiger partial charge is 0.339 e. The van der Waals surface area contributed by atoms with Crippen molar-refractivity contribution in [3.05, 3.63) is 64.4 Å². The maximum Gasteiger partial charge on any atom is 0.339 e. The molecule has 2 rings (SSSR count). The third-order valence-corrected chi connectivity index (χ3v) is 3.38. The Kier molecular flexibility index (Phi) is 5.71. The number of rotatable bonds is 5. The van der Waals surface area contributed by atoms with E-state index in [-0.39, 0.29) is 23.6 Å². The van der Waals surface area contributed by atoms with Crippen LogP contribution in [0.2, 0.25) is 5.02 Å². The van der Waals surface area contributed by atoms with Gasteiger partial charge in [0.25, 0.3) is 0 Å². The molecule has 0 bridgehead atoms. The van der Waals surface area contributed by atoms with E-state index < -0.39 is 17.7 Å². The Morgan fingerprint density at radius 2 is 1.96 bits per heavy atom. The van der Waals surface area contributed by atoms with Crippen LogP contribution in [0, 0.1) is 5.82 Å². The number of hydrogen-bond acceptors (Lipinski definition) is 3. The monoisotopic (exact) mass is 335 g/mol. The fraction of sp³-hybridized carbons (Fsp3) is 0.176. The molecule has 6 heteroatoms. The summed E-state index contributed by atoms with van der Waals surface area (Å²) in [4.78, 5) is 23.8. The van der Waals surface area contributed by atoms with Gasteiger partial charge in [0, 0.05) is 5.69 Å². The van der Waals surface area contributed by atoms with Gasteiger partial charge in [-0.05, 0) is 36.8 Å². The quantitative estimate of drug-likeness (QED) is 0.845. The molecule has 23 heavy (non-hydrogen) atoms. The second-order valence-electron chi connectivity index (χ2n) is 4.73. The van der Waals surface area contributed by atoms with Gasteiger partial charge < -0.3 is 10.1 Å². The molecule has 0 fully saturated rings. The Morgan fingerprint density at radius 1 is 1.22 bits per heavy atom. The lowest BCUT2D eigenvalue weighted by Gasteiger charge is -2.09. The van der Waals surface area contributed by atoms with Crippen molar-refractivity contribution in [1.82, 2.24) is 0 Å². The first kappa shape index (κ1) is 17.0. The molecule has 120 valence electrons. The molecular formula is C17H15ClFNO3. The lowest BCUT2D eigenvalue weighted by atomic mass is 10.1. The Labute approximate surface area is 138 Å². The van der Waals surface area contributed by atoms with Crippen LogP contribution in [0.4, 0.5) is 10.1 Å². The van der Waals surface area contributed by atoms with E-state index in [1.165, 1.54) is 18.2 Å². The number of anilines is 1. The van der Waals surface area contributed by atoms with Crippen molar-refractivity contribution in [2.45, 2.75) is 13.3 Å². The lowest BCUT2D eigenvalue weighted by Crippen LogP contribution is -2.16. The van der Waals surface area contributed by atoms with Crippen molar-refractivity contribution in [2.75, 3.05) is 11.9 Å². The van der Waals surface area contributed by atoms with Crippen molar-refractivity contribution in [3.63, 3.8) is 0 Å². The van der Waals surface area contributed by atoms with E-state index in [4.69, 9.17) is 16.3 Å². The van der Waals surface area contributed by atoms with Crippen molar-refractivity contribution in [2.24, 2.45) is 0 Å². The predicted octanol–water partition coefficient (Wildman–Crippen LogP) is 3.84. The van der Waals surface area contributed by atoms with Gasteiger partial charge in [0.1, 0.15) is 5.82 Å². The normalized spacial score (nSPS) is 10.2. The summed E-state index contributed by atoms with van der Waals surface area (Å²) in [6, 6.07) is 10.5. The van der Waals surface area contributed by atoms with Crippen LogP contribution in [0.15, 0.2) is 42.5 Å². The molecule has 0 heterocycles. The van der Waals surface area contributed by atoms with Crippen molar-refractivity contribution >= 4 is 29.2 Å². The molecule has 0 spiro atoms. The maximum absolute atomic E-state index is 13.5. The first-order valence-corrected chi connectivity index (χ1v) is 7.39. The molecule has 4 nitrogen and oxygen atoms in total. The van der Waals surface area contributed by atoms with Gasteiger partial charge in [-0.25, -0.2) is 9.18 Å². The average Bonchev–Trinajstić information content (AvgIpc) is 2.51. The van der Waals surface area contributed by atoms with Crippen LogP contribution in [0.25, 0.3) is 0 Å². The molecule has 0 aliphatic heterocycles. The number of nitrogens with one attached hydrogen (secondary N) is 1. The average molecular weight is 336 g/mol. The molecule has 0 saturated heterocycles. The molecule has 0 unspecified atom stereocenters. The molecule has 1 amide bonds. The van der Waals surface area contributed by atoms with E-state index in [9.17, 15) is 14.0 Å². The summed E-state index contributed by atoms with van der Waals surface area (Å²) in [7, 11) is 0. The van der Waals surface area contributed by atoms with E-state index in [0.717, 1.165) is 0 Å². The van der Waals surface area contributed by atoms with Gasteiger partial charge in [0.15, 0.2) is 0 Å². The molecule has 2 aromatic carbocycles. The zero-order valence-corrected chi connectivity index (χ0v) is 13.2. The molecule has 0 radical (unpaired) electrons. The summed E-state index contributed by atoms with van der Waals surface area (Å²) < 4.78 is 18.4. The first-order chi connectivity index (χ1) is 11.0. The minimum atomic E-state index is -0.567. The Bertz CT molecular complexity index is 734. The molecule has 0 aliphatic rings. The first-order valence-electron chi connectivity index (χ1n) is 7.01. The summed E-state index contributed by atoms with van der Waals surface area (Å²) in [5.41, 5.74) is 0.848. The van der Waals surface area contributed by atoms with Crippen LogP contribution in [-0.2, 0) is 16.0 Å². The highest BCUT2D eigenvalue weighted by molar-refractivity contribution is 6.33. The van der Waals surface area contributed by atoms with Crippen LogP contribution in [-0.4, -0.2) is 18.5 Å². The fourth-order valence-corrected chi connectivity index (χ4v) is 2.18. The van der Waals surface area contributed by atoms with Crippen LogP contribution < -0.4 is 5.32 Å². The van der Waals surface area contributed by atoms with Gasteiger partial charge in [-0.1, -0.05) is 29.8 Å². The zero-order chi connectivity index (χ0) is 16.8. The van der Waals surface area contributed by atoms with Gasteiger partial charge in [0.05, 0.1) is 23.6 Å². The third-order valence-electron chi connectivity index (χ3n) is 3.05. The number of carbonyl (C=O) groups excluding carboxylic acids is 2. The van der Waals surface area contributed by atoms with Gasteiger partial charge in [-0.2, -0.15) is 0 Å². The number of carbonyl (C=O) groups is 2. The van der Waals surface area contributed by atoms with Gasteiger partial charge in [-0.3, -0.25) is 4.79 Å². The Morgan fingerprint density at radius 3 is 2.65 bits per heavy atom. The molecule has 1 N–H and O–H groups in total. The summed E-state index contributed by atoms with van der Waals surface area (Å²) in [6.45, 7) is 1.91. The number of benzene rings is 2. The van der Waals surface area contributed by atoms with E-state index in [0.29, 0.717) is 11.3 Å². The summed E-state index contributed by atoms with van der Waals surface area (Å²) in [5.74, 6) is -1.40. The SMILES string of the molecule is CCOC(=O)c1cc(NC(=O)Cc2ccccc2F)ccc1Cl. The number of halogens is 2. The van der Waals surface area contributed by atoms with Crippen LogP contribution in [0.5, 0.6) is 0 Å². The lowest BCUT2D eigenvalue weighted by molar-refractivity contribution is -0.115. The third kappa shape index (κ3) is 4.53. The molecule has 0 aromatic heterocycles. The molecule has 2 aromatic rings. The summed E-state index contributed by atoms with van der Waals surface area (Å²) in [5, 5.41) is 2.84. The van der Waals surface area contributed by atoms with Crippen molar-refractivity contribution < 1.29 is 18.7 Å². The van der Waals surface area contributed by atoms with E-state index in [1.807, 2.05) is 0 Å². The Balaban J connectivity index is 2.11. The minimum Gasteiger partial charge on any atom is -0.462 e. The van der Waals surface area contributed by atoms with Gasteiger partial charge >= 0.3 is 5.97 Å². The Hall–Kier alpha value is -2.40. The highest BCUT2D eigenvalue weighted by Crippen LogP contribution is 2.22. The number of ether oxygens (including phenoxy) is 1. The van der Waals surface area contributed by atoms with E-state index >= 15 is 0 Å². The van der Waals surface area contributed by atoms with E-state index in [2.05, 4.69) is 5.32 Å². The molecule has 0 aliphatic carbocycles. The summed E-state index contributed by atoms with van der Waals surface area (Å²) in [6.07, 6.45) is -0.107. The molecule has 0 atom stereocenters. The molecule has 0 saturated carbocycles. The van der Waals surface area contributed by atoms with Gasteiger partial charge in [0.2, 0.25) is 5.91 Å². The highest BCUT2D eigenvalue weighted by Gasteiger charge is 2.14. The zero-order valence-electron chi connectivity index (χ0n) is 12.4. The second kappa shape index (κ2) is 7.74. The van der Waals surface area contributed by atoms with Crippen LogP contribution in [0.1, 0.15) is 22.8 Å². The summed E-state index contributed by atoms with van der Waals surface area (Å²) >= 11 is 5.95. The number of amides is 1. The molecular weight excluding hydrogens is 321 g/mol. The highest BCUT2D eigenvalue weighted by atomic mass is 35.5. The number of hydrogen-bond donors (Lipinski definition) is 1. The second-order valence-corrected chi connectivity index (χ2v) is 5.14. The topological polar surface area (TPSA) is 55.4 Å². The van der Waals surface area contributed by atoms with Crippen LogP contribution in [0.3, 0.4) is 0 Å². The standard InChI is InChI=1S/C17H15ClFNO3/c1-2-23-17(22)13-10-12(7-8-14(13)18)20-16(21)9-11-5-3-4-6-15(11)19/h3-8,10H,2,9H2,1H3,(H,20,21). The largest absolute Gasteiger partial charge is 0.462 e. The minimum absolute atomic E-state index is 0.107. The fourth-order valence-electron chi connectivity index (χ4n) is 1.99.